The number of hydrogen-bond acceptors (Lipinski definition) is 3. The minimum Gasteiger partial charge on any atom is -0.342 e. The lowest BCUT2D eigenvalue weighted by Gasteiger charge is -2.36. The lowest BCUT2D eigenvalue weighted by Crippen LogP contribution is -2.45. The van der Waals surface area contributed by atoms with E-state index >= 15 is 0 Å². The summed E-state index contributed by atoms with van der Waals surface area (Å²) in [6.07, 6.45) is 7.26. The fourth-order valence-electron chi connectivity index (χ4n) is 3.99. The minimum atomic E-state index is 0.298. The van der Waals surface area contributed by atoms with Crippen LogP contribution in [-0.2, 0) is 4.79 Å². The molecule has 4 heteroatoms. The third-order valence-corrected chi connectivity index (χ3v) is 5.33. The van der Waals surface area contributed by atoms with Gasteiger partial charge in [0.2, 0.25) is 5.91 Å². The first kappa shape index (κ1) is 14.3. The molecule has 0 aromatic rings. The number of amides is 1. The van der Waals surface area contributed by atoms with Gasteiger partial charge in [0.1, 0.15) is 0 Å². The van der Waals surface area contributed by atoms with E-state index in [2.05, 4.69) is 15.1 Å². The number of nitrogens with zero attached hydrogens (tertiary/aromatic N) is 2. The molecule has 0 aromatic carbocycles. The molecular weight excluding hydrogens is 250 g/mol. The van der Waals surface area contributed by atoms with Gasteiger partial charge in [-0.15, -0.1) is 0 Å². The normalized spacial score (nSPS) is 27.1. The molecule has 0 aromatic heterocycles. The Balaban J connectivity index is 1.41. The number of carbonyl (C=O) groups excluding carboxylic acids is 1. The Morgan fingerprint density at radius 3 is 2.25 bits per heavy atom. The molecule has 0 saturated carbocycles. The van der Waals surface area contributed by atoms with Gasteiger partial charge in [0.05, 0.1) is 0 Å². The summed E-state index contributed by atoms with van der Waals surface area (Å²) in [5, 5.41) is 3.34. The van der Waals surface area contributed by atoms with Crippen LogP contribution in [0.2, 0.25) is 0 Å². The highest BCUT2D eigenvalue weighted by molar-refractivity contribution is 5.79. The fraction of sp³-hybridized carbons (Fsp3) is 0.938. The molecule has 0 radical (unpaired) electrons. The van der Waals surface area contributed by atoms with Crippen LogP contribution in [-0.4, -0.2) is 61.5 Å². The molecule has 3 aliphatic rings. The van der Waals surface area contributed by atoms with Crippen LogP contribution < -0.4 is 5.32 Å². The van der Waals surface area contributed by atoms with Crippen molar-refractivity contribution in [1.29, 1.82) is 0 Å². The summed E-state index contributed by atoms with van der Waals surface area (Å²) in [5.74, 6) is 1.56. The second kappa shape index (κ2) is 6.90. The Labute approximate surface area is 122 Å². The first-order valence-corrected chi connectivity index (χ1v) is 8.55. The zero-order chi connectivity index (χ0) is 13.8. The van der Waals surface area contributed by atoms with E-state index in [1.165, 1.54) is 45.3 Å². The zero-order valence-electron chi connectivity index (χ0n) is 12.6. The summed E-state index contributed by atoms with van der Waals surface area (Å²) in [5.41, 5.74) is 0. The van der Waals surface area contributed by atoms with Crippen molar-refractivity contribution in [2.24, 2.45) is 11.8 Å². The van der Waals surface area contributed by atoms with Gasteiger partial charge in [-0.1, -0.05) is 0 Å². The molecule has 114 valence electrons. The lowest BCUT2D eigenvalue weighted by molar-refractivity contribution is -0.137. The third kappa shape index (κ3) is 3.53. The van der Waals surface area contributed by atoms with E-state index in [9.17, 15) is 4.79 Å². The van der Waals surface area contributed by atoms with Gasteiger partial charge in [0.15, 0.2) is 0 Å². The molecule has 0 unspecified atom stereocenters. The third-order valence-electron chi connectivity index (χ3n) is 5.33. The molecule has 0 aliphatic carbocycles. The summed E-state index contributed by atoms with van der Waals surface area (Å²) >= 11 is 0. The molecule has 0 bridgehead atoms. The Morgan fingerprint density at radius 1 is 0.950 bits per heavy atom. The van der Waals surface area contributed by atoms with Crippen molar-refractivity contribution in [2.45, 2.75) is 38.5 Å². The number of nitrogens with one attached hydrogen (secondary N) is 1. The highest BCUT2D eigenvalue weighted by Gasteiger charge is 2.29. The van der Waals surface area contributed by atoms with Crippen molar-refractivity contribution in [3.05, 3.63) is 0 Å². The Hall–Kier alpha value is -0.610. The SMILES string of the molecule is O=C(C1CCNCC1)N1CCC(CN2CCCC2)CC1. The van der Waals surface area contributed by atoms with Crippen LogP contribution in [0.15, 0.2) is 0 Å². The lowest BCUT2D eigenvalue weighted by atomic mass is 9.92. The fourth-order valence-corrected chi connectivity index (χ4v) is 3.99. The first-order chi connectivity index (χ1) is 9.83. The van der Waals surface area contributed by atoms with Crippen LogP contribution in [0.1, 0.15) is 38.5 Å². The largest absolute Gasteiger partial charge is 0.342 e. The average Bonchev–Trinajstić information content (AvgIpc) is 3.01. The number of piperidine rings is 2. The van der Waals surface area contributed by atoms with Gasteiger partial charge in [-0.3, -0.25) is 4.79 Å². The van der Waals surface area contributed by atoms with Crippen molar-refractivity contribution < 1.29 is 4.79 Å². The van der Waals surface area contributed by atoms with Crippen LogP contribution in [0.3, 0.4) is 0 Å². The van der Waals surface area contributed by atoms with Gasteiger partial charge >= 0.3 is 0 Å². The van der Waals surface area contributed by atoms with E-state index in [0.29, 0.717) is 11.8 Å². The maximum atomic E-state index is 12.5. The van der Waals surface area contributed by atoms with E-state index in [1.807, 2.05) is 0 Å². The van der Waals surface area contributed by atoms with Crippen LogP contribution >= 0.6 is 0 Å². The summed E-state index contributed by atoms with van der Waals surface area (Å²) < 4.78 is 0. The molecule has 4 nitrogen and oxygen atoms in total. The van der Waals surface area contributed by atoms with E-state index in [1.54, 1.807) is 0 Å². The molecule has 3 aliphatic heterocycles. The molecule has 1 N–H and O–H groups in total. The predicted octanol–water partition coefficient (Wildman–Crippen LogP) is 1.32. The van der Waals surface area contributed by atoms with Crippen molar-refractivity contribution in [1.82, 2.24) is 15.1 Å². The maximum Gasteiger partial charge on any atom is 0.225 e. The van der Waals surface area contributed by atoms with Gasteiger partial charge in [0.25, 0.3) is 0 Å². The highest BCUT2D eigenvalue weighted by atomic mass is 16.2. The molecule has 0 atom stereocenters. The summed E-state index contributed by atoms with van der Waals surface area (Å²) in [7, 11) is 0. The summed E-state index contributed by atoms with van der Waals surface area (Å²) in [6, 6.07) is 0. The van der Waals surface area contributed by atoms with Crippen molar-refractivity contribution in [2.75, 3.05) is 45.8 Å². The highest BCUT2D eigenvalue weighted by Crippen LogP contribution is 2.23. The molecular formula is C16H29N3O. The van der Waals surface area contributed by atoms with E-state index in [0.717, 1.165) is 44.9 Å². The summed E-state index contributed by atoms with van der Waals surface area (Å²) in [6.45, 7) is 7.91. The molecule has 3 rings (SSSR count). The number of hydrogen-bond donors (Lipinski definition) is 1. The van der Waals surface area contributed by atoms with Gasteiger partial charge in [-0.2, -0.15) is 0 Å². The Morgan fingerprint density at radius 2 is 1.60 bits per heavy atom. The molecule has 1 amide bonds. The Kier molecular flexibility index (Phi) is 4.94. The second-order valence-electron chi connectivity index (χ2n) is 6.80. The molecule has 0 spiro atoms. The van der Waals surface area contributed by atoms with Crippen molar-refractivity contribution in [3.63, 3.8) is 0 Å². The monoisotopic (exact) mass is 279 g/mol. The van der Waals surface area contributed by atoms with Crippen LogP contribution in [0.4, 0.5) is 0 Å². The maximum absolute atomic E-state index is 12.5. The van der Waals surface area contributed by atoms with Gasteiger partial charge in [0, 0.05) is 25.6 Å². The van der Waals surface area contributed by atoms with Gasteiger partial charge in [-0.05, 0) is 70.6 Å². The topological polar surface area (TPSA) is 35.6 Å². The number of rotatable bonds is 3. The molecule has 3 heterocycles. The van der Waals surface area contributed by atoms with E-state index in [-0.39, 0.29) is 0 Å². The van der Waals surface area contributed by atoms with Crippen molar-refractivity contribution in [3.8, 4) is 0 Å². The van der Waals surface area contributed by atoms with Crippen LogP contribution in [0.25, 0.3) is 0 Å². The average molecular weight is 279 g/mol. The van der Waals surface area contributed by atoms with Crippen molar-refractivity contribution >= 4 is 5.91 Å². The van der Waals surface area contributed by atoms with Gasteiger partial charge in [-0.25, -0.2) is 0 Å². The zero-order valence-corrected chi connectivity index (χ0v) is 12.6. The van der Waals surface area contributed by atoms with E-state index < -0.39 is 0 Å². The van der Waals surface area contributed by atoms with Gasteiger partial charge < -0.3 is 15.1 Å². The molecule has 3 saturated heterocycles. The van der Waals surface area contributed by atoms with Crippen LogP contribution in [0, 0.1) is 11.8 Å². The minimum absolute atomic E-state index is 0.298. The first-order valence-electron chi connectivity index (χ1n) is 8.55. The smallest absolute Gasteiger partial charge is 0.225 e. The van der Waals surface area contributed by atoms with Crippen LogP contribution in [0.5, 0.6) is 0 Å². The Bertz CT molecular complexity index is 314. The second-order valence-corrected chi connectivity index (χ2v) is 6.80. The van der Waals surface area contributed by atoms with E-state index in [4.69, 9.17) is 0 Å². The standard InChI is InChI=1S/C16H29N3O/c20-16(15-3-7-17-8-4-15)19-11-5-14(6-12-19)13-18-9-1-2-10-18/h14-15,17H,1-13H2. The number of likely N-dealkylation sites (tertiary alicyclic amines) is 2. The molecule has 3 fully saturated rings. The molecule has 20 heavy (non-hydrogen) atoms. The summed E-state index contributed by atoms with van der Waals surface area (Å²) in [4.78, 5) is 17.3. The quantitative estimate of drug-likeness (QED) is 0.846. The number of carbonyl (C=O) groups is 1. The predicted molar refractivity (Wildman–Crippen MR) is 80.6 cm³/mol.